The Morgan fingerprint density at radius 1 is 0.957 bits per heavy atom. The largest absolute Gasteiger partial charge is 0.355 e. The first-order valence-corrected chi connectivity index (χ1v) is 8.49. The molecule has 2 aromatic carbocycles. The van der Waals surface area contributed by atoms with Crippen LogP contribution in [-0.4, -0.2) is 5.11 Å². The highest BCUT2D eigenvalue weighted by atomic mass is 32.1. The van der Waals surface area contributed by atoms with Gasteiger partial charge in [-0.05, 0) is 61.7 Å². The molecule has 0 spiro atoms. The van der Waals surface area contributed by atoms with Gasteiger partial charge in [0.1, 0.15) is 0 Å². The molecule has 1 atom stereocenters. The third-order valence-electron chi connectivity index (χ3n) is 4.11. The maximum absolute atomic E-state index is 5.55. The van der Waals surface area contributed by atoms with Crippen LogP contribution in [-0.2, 0) is 0 Å². The number of rotatable bonds is 4. The lowest BCUT2D eigenvalue weighted by molar-refractivity contribution is 0.471. The molecule has 0 radical (unpaired) electrons. The average molecular weight is 327 g/mol. The van der Waals surface area contributed by atoms with Gasteiger partial charge in [-0.1, -0.05) is 55.8 Å². The van der Waals surface area contributed by atoms with Gasteiger partial charge in [-0.25, -0.2) is 0 Å². The van der Waals surface area contributed by atoms with Crippen LogP contribution in [0.25, 0.3) is 0 Å². The number of benzene rings is 2. The molecule has 2 N–H and O–H groups in total. The van der Waals surface area contributed by atoms with Crippen LogP contribution in [0.4, 0.5) is 5.69 Å². The minimum absolute atomic E-state index is 0.196. The van der Waals surface area contributed by atoms with Gasteiger partial charge < -0.3 is 10.6 Å². The lowest BCUT2D eigenvalue weighted by Gasteiger charge is -2.26. The molecule has 0 unspecified atom stereocenters. The fourth-order valence-corrected chi connectivity index (χ4v) is 3.03. The van der Waals surface area contributed by atoms with E-state index in [0.29, 0.717) is 11.0 Å². The van der Waals surface area contributed by atoms with Crippen LogP contribution in [0.15, 0.2) is 42.5 Å². The average Bonchev–Trinajstić information content (AvgIpc) is 2.48. The van der Waals surface area contributed by atoms with E-state index in [9.17, 15) is 0 Å². The molecule has 23 heavy (non-hydrogen) atoms. The number of hydrogen-bond donors (Lipinski definition) is 2. The van der Waals surface area contributed by atoms with Crippen molar-refractivity contribution in [1.82, 2.24) is 5.32 Å². The molecule has 0 fully saturated rings. The molecule has 0 aromatic heterocycles. The lowest BCUT2D eigenvalue weighted by Crippen LogP contribution is -2.35. The van der Waals surface area contributed by atoms with Crippen LogP contribution in [0.1, 0.15) is 42.1 Å². The molecule has 3 heteroatoms. The molecule has 0 saturated heterocycles. The Labute approximate surface area is 145 Å². The van der Waals surface area contributed by atoms with Crippen LogP contribution >= 0.6 is 12.2 Å². The molecule has 2 aromatic rings. The van der Waals surface area contributed by atoms with Crippen molar-refractivity contribution in [3.63, 3.8) is 0 Å². The molecule has 0 amide bonds. The standard InChI is InChI=1S/C20H26N2S/c1-13(2)19(17-9-7-6-8-15(17)4)22-20(23)21-18-11-10-14(3)12-16(18)5/h6-13,19H,1-5H3,(H2,21,22,23)/t19-/m1/s1. The summed E-state index contributed by atoms with van der Waals surface area (Å²) in [6, 6.07) is 15.0. The third kappa shape index (κ3) is 4.55. The van der Waals surface area contributed by atoms with Crippen LogP contribution in [0.5, 0.6) is 0 Å². The fraction of sp³-hybridized carbons (Fsp3) is 0.350. The SMILES string of the molecule is Cc1ccc(NC(=S)N[C@@H](c2ccccc2C)C(C)C)c(C)c1. The molecule has 0 bridgehead atoms. The van der Waals surface area contributed by atoms with Gasteiger partial charge in [0, 0.05) is 5.69 Å². The van der Waals surface area contributed by atoms with Gasteiger partial charge in [-0.3, -0.25) is 0 Å². The van der Waals surface area contributed by atoms with Crippen LogP contribution < -0.4 is 10.6 Å². The molecule has 122 valence electrons. The highest BCUT2D eigenvalue weighted by Crippen LogP contribution is 2.25. The van der Waals surface area contributed by atoms with E-state index in [-0.39, 0.29) is 6.04 Å². The van der Waals surface area contributed by atoms with Gasteiger partial charge in [-0.15, -0.1) is 0 Å². The molecular weight excluding hydrogens is 300 g/mol. The van der Waals surface area contributed by atoms with Crippen molar-refractivity contribution in [3.8, 4) is 0 Å². The monoisotopic (exact) mass is 326 g/mol. The van der Waals surface area contributed by atoms with E-state index in [1.165, 1.54) is 22.3 Å². The second-order valence-electron chi connectivity index (χ2n) is 6.50. The second kappa shape index (κ2) is 7.60. The lowest BCUT2D eigenvalue weighted by atomic mass is 9.93. The van der Waals surface area contributed by atoms with E-state index in [0.717, 1.165) is 5.69 Å². The topological polar surface area (TPSA) is 24.1 Å². The van der Waals surface area contributed by atoms with Crippen molar-refractivity contribution in [2.75, 3.05) is 5.32 Å². The molecular formula is C20H26N2S. The van der Waals surface area contributed by atoms with Crippen molar-refractivity contribution >= 4 is 23.0 Å². The van der Waals surface area contributed by atoms with Crippen molar-refractivity contribution in [3.05, 3.63) is 64.7 Å². The number of nitrogens with one attached hydrogen (secondary N) is 2. The highest BCUT2D eigenvalue weighted by Gasteiger charge is 2.18. The Hall–Kier alpha value is -1.87. The number of thiocarbonyl (C=S) groups is 1. The van der Waals surface area contributed by atoms with Gasteiger partial charge in [0.15, 0.2) is 5.11 Å². The van der Waals surface area contributed by atoms with E-state index < -0.39 is 0 Å². The summed E-state index contributed by atoms with van der Waals surface area (Å²) in [7, 11) is 0. The van der Waals surface area contributed by atoms with Crippen LogP contribution in [0, 0.1) is 26.7 Å². The zero-order valence-corrected chi connectivity index (χ0v) is 15.4. The van der Waals surface area contributed by atoms with Crippen molar-refractivity contribution in [1.29, 1.82) is 0 Å². The van der Waals surface area contributed by atoms with Crippen molar-refractivity contribution in [2.24, 2.45) is 5.92 Å². The van der Waals surface area contributed by atoms with Gasteiger partial charge in [0.2, 0.25) is 0 Å². The minimum Gasteiger partial charge on any atom is -0.355 e. The highest BCUT2D eigenvalue weighted by molar-refractivity contribution is 7.80. The smallest absolute Gasteiger partial charge is 0.171 e. The number of hydrogen-bond acceptors (Lipinski definition) is 1. The summed E-state index contributed by atoms with van der Waals surface area (Å²) >= 11 is 5.55. The maximum atomic E-state index is 5.55. The Bertz CT molecular complexity index is 692. The van der Waals surface area contributed by atoms with Crippen LogP contribution in [0.3, 0.4) is 0 Å². The normalized spacial score (nSPS) is 12.1. The summed E-state index contributed by atoms with van der Waals surface area (Å²) in [4.78, 5) is 0. The number of anilines is 1. The summed E-state index contributed by atoms with van der Waals surface area (Å²) in [5.74, 6) is 0.440. The van der Waals surface area contributed by atoms with Gasteiger partial charge in [0.05, 0.1) is 6.04 Å². The molecule has 2 nitrogen and oxygen atoms in total. The summed E-state index contributed by atoms with van der Waals surface area (Å²) in [6.45, 7) is 10.8. The molecule has 0 saturated carbocycles. The Kier molecular flexibility index (Phi) is 5.78. The van der Waals surface area contributed by atoms with E-state index in [1.54, 1.807) is 0 Å². The van der Waals surface area contributed by atoms with E-state index >= 15 is 0 Å². The fourth-order valence-electron chi connectivity index (χ4n) is 2.79. The Balaban J connectivity index is 2.14. The summed E-state index contributed by atoms with van der Waals surface area (Å²) < 4.78 is 0. The van der Waals surface area contributed by atoms with Gasteiger partial charge in [-0.2, -0.15) is 0 Å². The molecule has 0 aliphatic rings. The van der Waals surface area contributed by atoms with Gasteiger partial charge >= 0.3 is 0 Å². The predicted molar refractivity (Wildman–Crippen MR) is 104 cm³/mol. The molecule has 0 heterocycles. The predicted octanol–water partition coefficient (Wildman–Crippen LogP) is 5.30. The van der Waals surface area contributed by atoms with E-state index in [1.807, 2.05) is 0 Å². The zero-order chi connectivity index (χ0) is 17.0. The van der Waals surface area contributed by atoms with Crippen molar-refractivity contribution < 1.29 is 0 Å². The van der Waals surface area contributed by atoms with Crippen molar-refractivity contribution in [2.45, 2.75) is 40.7 Å². The summed E-state index contributed by atoms with van der Waals surface area (Å²) in [5.41, 5.74) is 6.10. The first-order valence-electron chi connectivity index (χ1n) is 8.08. The second-order valence-corrected chi connectivity index (χ2v) is 6.90. The van der Waals surface area contributed by atoms with E-state index in [4.69, 9.17) is 12.2 Å². The first kappa shape index (κ1) is 17.5. The quantitative estimate of drug-likeness (QED) is 0.746. The Morgan fingerprint density at radius 2 is 1.65 bits per heavy atom. The summed E-state index contributed by atoms with van der Waals surface area (Å²) in [5, 5.41) is 7.48. The maximum Gasteiger partial charge on any atom is 0.171 e. The summed E-state index contributed by atoms with van der Waals surface area (Å²) in [6.07, 6.45) is 0. The van der Waals surface area contributed by atoms with E-state index in [2.05, 4.69) is 87.7 Å². The van der Waals surface area contributed by atoms with Gasteiger partial charge in [0.25, 0.3) is 0 Å². The van der Waals surface area contributed by atoms with Crippen LogP contribution in [0.2, 0.25) is 0 Å². The zero-order valence-electron chi connectivity index (χ0n) is 14.6. The third-order valence-corrected chi connectivity index (χ3v) is 4.33. The molecule has 2 rings (SSSR count). The molecule has 0 aliphatic carbocycles. The number of aryl methyl sites for hydroxylation is 3. The first-order chi connectivity index (χ1) is 10.9. The Morgan fingerprint density at radius 3 is 2.26 bits per heavy atom. The minimum atomic E-state index is 0.196. The molecule has 0 aliphatic heterocycles.